The highest BCUT2D eigenvalue weighted by molar-refractivity contribution is 6.66. The molecule has 0 fully saturated rings. The smallest absolute Gasteiger partial charge is 0.371 e. The van der Waals surface area contributed by atoms with Crippen molar-refractivity contribution in [2.45, 2.75) is 34.0 Å². The van der Waals surface area contributed by atoms with Gasteiger partial charge in [-0.3, -0.25) is 0 Å². The van der Waals surface area contributed by atoms with Gasteiger partial charge in [0.15, 0.2) is 0 Å². The topological polar surface area (TPSA) is 36.9 Å². The van der Waals surface area contributed by atoms with Crippen molar-refractivity contribution in [1.29, 1.82) is 0 Å². The molecule has 0 saturated carbocycles. The first-order chi connectivity index (χ1) is 7.14. The van der Waals surface area contributed by atoms with Crippen molar-refractivity contribution in [2.24, 2.45) is 0 Å². The van der Waals surface area contributed by atoms with Crippen molar-refractivity contribution in [3.05, 3.63) is 12.3 Å². The average molecular weight is 234 g/mol. The molecule has 0 amide bonds. The number of ether oxygens (including phenoxy) is 1. The van der Waals surface area contributed by atoms with E-state index in [4.69, 9.17) is 18.0 Å². The Morgan fingerprint density at radius 2 is 1.67 bits per heavy atom. The summed E-state index contributed by atoms with van der Waals surface area (Å²) < 4.78 is 22.0. The molecule has 0 aromatic heterocycles. The summed E-state index contributed by atoms with van der Waals surface area (Å²) in [6, 6.07) is 0. The normalized spacial score (nSPS) is 13.9. The molecule has 0 N–H and O–H groups in total. The maximum atomic E-state index is 5.66. The van der Waals surface area contributed by atoms with Gasteiger partial charge in [0.2, 0.25) is 0 Å². The van der Waals surface area contributed by atoms with Crippen LogP contribution < -0.4 is 0 Å². The highest BCUT2D eigenvalue weighted by Crippen LogP contribution is 2.14. The van der Waals surface area contributed by atoms with Crippen LogP contribution in [0.5, 0.6) is 0 Å². The molecule has 0 aliphatic rings. The van der Waals surface area contributed by atoms with Crippen LogP contribution in [0.2, 0.25) is 0 Å². The van der Waals surface area contributed by atoms with Crippen molar-refractivity contribution in [3.63, 3.8) is 0 Å². The van der Waals surface area contributed by atoms with E-state index >= 15 is 0 Å². The monoisotopic (exact) mass is 234 g/mol. The number of hydrogen-bond donors (Lipinski definition) is 0. The van der Waals surface area contributed by atoms with Crippen LogP contribution in [0.15, 0.2) is 12.3 Å². The van der Waals surface area contributed by atoms with Gasteiger partial charge in [0.05, 0.1) is 0 Å². The van der Waals surface area contributed by atoms with Crippen LogP contribution in [0.3, 0.4) is 0 Å². The largest absolute Gasteiger partial charge is 0.530 e. The van der Waals surface area contributed by atoms with Crippen LogP contribution in [0.1, 0.15) is 27.7 Å². The first-order valence-electron chi connectivity index (χ1n) is 5.35. The molecule has 0 aromatic carbocycles. The third-order valence-electron chi connectivity index (χ3n) is 1.67. The summed E-state index contributed by atoms with van der Waals surface area (Å²) in [6.45, 7) is 12.9. The Bertz CT molecular complexity index is 169. The van der Waals surface area contributed by atoms with Crippen LogP contribution in [0, 0.1) is 0 Å². The first kappa shape index (κ1) is 14.8. The summed E-state index contributed by atoms with van der Waals surface area (Å²) in [5.74, 6) is 0. The Labute approximate surface area is 93.5 Å². The lowest BCUT2D eigenvalue weighted by molar-refractivity contribution is -0.100. The summed E-state index contributed by atoms with van der Waals surface area (Å²) in [4.78, 5) is 0. The van der Waals surface area contributed by atoms with Gasteiger partial charge in [-0.05, 0) is 33.4 Å². The maximum absolute atomic E-state index is 5.66. The summed E-state index contributed by atoms with van der Waals surface area (Å²) in [7, 11) is -2.73. The molecule has 0 saturated heterocycles. The molecule has 90 valence electrons. The zero-order valence-electron chi connectivity index (χ0n) is 10.1. The van der Waals surface area contributed by atoms with Crippen molar-refractivity contribution in [2.75, 3.05) is 19.8 Å². The van der Waals surface area contributed by atoms with Gasteiger partial charge in [-0.1, -0.05) is 6.58 Å². The fourth-order valence-corrected chi connectivity index (χ4v) is 3.06. The van der Waals surface area contributed by atoms with Crippen LogP contribution in [-0.4, -0.2) is 34.9 Å². The molecular weight excluding hydrogens is 212 g/mol. The second-order valence-electron chi connectivity index (χ2n) is 2.81. The average Bonchev–Trinajstić information content (AvgIpc) is 2.18. The van der Waals surface area contributed by atoms with E-state index in [0.717, 1.165) is 0 Å². The molecule has 0 bridgehead atoms. The van der Waals surface area contributed by atoms with Gasteiger partial charge in [-0.15, -0.1) is 0 Å². The third kappa shape index (κ3) is 5.43. The second-order valence-corrected chi connectivity index (χ2v) is 5.24. The zero-order chi connectivity index (χ0) is 11.7. The minimum absolute atomic E-state index is 0.335. The maximum Gasteiger partial charge on any atom is 0.530 e. The molecule has 4 nitrogen and oxygen atoms in total. The molecule has 0 heterocycles. The predicted octanol–water partition coefficient (Wildman–Crippen LogP) is 2.12. The van der Waals surface area contributed by atoms with Crippen molar-refractivity contribution >= 4 is 8.80 Å². The molecule has 15 heavy (non-hydrogen) atoms. The molecule has 0 spiro atoms. The summed E-state index contributed by atoms with van der Waals surface area (Å²) >= 11 is 0. The quantitative estimate of drug-likeness (QED) is 0.452. The lowest BCUT2D eigenvalue weighted by Crippen LogP contribution is -2.47. The number of hydrogen-bond acceptors (Lipinski definition) is 4. The van der Waals surface area contributed by atoms with Crippen LogP contribution in [-0.2, 0) is 18.0 Å². The lowest BCUT2D eigenvalue weighted by atomic mass is 10.7. The Hall–Kier alpha value is -0.203. The van der Waals surface area contributed by atoms with Crippen molar-refractivity contribution < 1.29 is 18.0 Å². The van der Waals surface area contributed by atoms with E-state index in [-0.39, 0.29) is 6.29 Å². The molecule has 0 aliphatic heterocycles. The molecule has 1 unspecified atom stereocenters. The van der Waals surface area contributed by atoms with Gasteiger partial charge in [0.1, 0.15) is 6.29 Å². The van der Waals surface area contributed by atoms with E-state index in [2.05, 4.69) is 6.58 Å². The lowest BCUT2D eigenvalue weighted by Gasteiger charge is -2.28. The molecule has 5 heteroatoms. The zero-order valence-corrected chi connectivity index (χ0v) is 11.1. The Morgan fingerprint density at radius 3 is 2.00 bits per heavy atom. The first-order valence-corrected chi connectivity index (χ1v) is 7.15. The van der Waals surface area contributed by atoms with E-state index < -0.39 is 8.80 Å². The highest BCUT2D eigenvalue weighted by Gasteiger charge is 2.39. The molecule has 0 rings (SSSR count). The Morgan fingerprint density at radius 1 is 1.13 bits per heavy atom. The Kier molecular flexibility index (Phi) is 7.90. The van der Waals surface area contributed by atoms with Gasteiger partial charge in [-0.25, -0.2) is 0 Å². The standard InChI is InChI=1S/C10H22O4Si/c1-6-11-10(5)14-15(9-4,12-7-2)13-8-3/h9-10H,4,6-8H2,1-3,5H3. The third-order valence-corrected chi connectivity index (χ3v) is 4.22. The van der Waals surface area contributed by atoms with Crippen molar-refractivity contribution in [3.8, 4) is 0 Å². The van der Waals surface area contributed by atoms with Gasteiger partial charge in [0.25, 0.3) is 0 Å². The van der Waals surface area contributed by atoms with Crippen LogP contribution in [0.25, 0.3) is 0 Å². The van der Waals surface area contributed by atoms with Gasteiger partial charge < -0.3 is 18.0 Å². The van der Waals surface area contributed by atoms with Crippen molar-refractivity contribution in [1.82, 2.24) is 0 Å². The Balaban J connectivity index is 4.37. The molecular formula is C10H22O4Si. The fraction of sp³-hybridized carbons (Fsp3) is 0.800. The minimum atomic E-state index is -2.73. The van der Waals surface area contributed by atoms with Gasteiger partial charge >= 0.3 is 8.80 Å². The molecule has 0 radical (unpaired) electrons. The van der Waals surface area contributed by atoms with E-state index in [1.54, 1.807) is 5.70 Å². The fourth-order valence-electron chi connectivity index (χ4n) is 1.18. The van der Waals surface area contributed by atoms with Gasteiger partial charge in [0, 0.05) is 19.8 Å². The van der Waals surface area contributed by atoms with E-state index in [1.807, 2.05) is 27.7 Å². The van der Waals surface area contributed by atoms with Gasteiger partial charge in [-0.2, -0.15) is 0 Å². The summed E-state index contributed by atoms with van der Waals surface area (Å²) in [6.07, 6.45) is -0.335. The number of rotatable bonds is 9. The summed E-state index contributed by atoms with van der Waals surface area (Å²) in [5.41, 5.74) is 1.63. The second kappa shape index (κ2) is 8.01. The molecule has 0 aromatic rings. The van der Waals surface area contributed by atoms with Crippen LogP contribution >= 0.6 is 0 Å². The SMILES string of the molecule is C=C[Si](OCC)(OCC)OC(C)OCC. The molecule has 1 atom stereocenters. The predicted molar refractivity (Wildman–Crippen MR) is 61.4 cm³/mol. The summed E-state index contributed by atoms with van der Waals surface area (Å²) in [5, 5.41) is 0. The minimum Gasteiger partial charge on any atom is -0.371 e. The van der Waals surface area contributed by atoms with E-state index in [0.29, 0.717) is 19.8 Å². The highest BCUT2D eigenvalue weighted by atomic mass is 28.4. The van der Waals surface area contributed by atoms with E-state index in [1.165, 1.54) is 0 Å². The molecule has 0 aliphatic carbocycles. The van der Waals surface area contributed by atoms with Crippen LogP contribution in [0.4, 0.5) is 0 Å². The van der Waals surface area contributed by atoms with E-state index in [9.17, 15) is 0 Å².